The fourth-order valence-corrected chi connectivity index (χ4v) is 3.00. The summed E-state index contributed by atoms with van der Waals surface area (Å²) in [6, 6.07) is 11.6. The molecule has 0 saturated carbocycles. The van der Waals surface area contributed by atoms with Crippen molar-refractivity contribution in [3.05, 3.63) is 65.0 Å². The number of alkyl carbamates (subject to hydrolysis) is 1. The van der Waals surface area contributed by atoms with Crippen molar-refractivity contribution >= 4 is 17.8 Å². The predicted octanol–water partition coefficient (Wildman–Crippen LogP) is 3.14. The number of hydrogen-bond donors (Lipinski definition) is 2. The minimum absolute atomic E-state index is 0.0749. The summed E-state index contributed by atoms with van der Waals surface area (Å²) < 4.78 is 5.13. The van der Waals surface area contributed by atoms with E-state index in [-0.39, 0.29) is 24.3 Å². The lowest BCUT2D eigenvalue weighted by atomic mass is 10.1. The summed E-state index contributed by atoms with van der Waals surface area (Å²) in [6.45, 7) is 6.68. The third-order valence-electron chi connectivity index (χ3n) is 4.50. The van der Waals surface area contributed by atoms with Crippen LogP contribution in [-0.4, -0.2) is 29.4 Å². The number of aromatic nitrogens is 1. The number of nitrogens with one attached hydrogen (secondary N) is 2. The molecule has 0 spiro atoms. The van der Waals surface area contributed by atoms with Crippen LogP contribution in [0, 0.1) is 5.92 Å². The summed E-state index contributed by atoms with van der Waals surface area (Å²) in [7, 11) is 0. The topological polar surface area (TPSA) is 92.7 Å². The highest BCUT2D eigenvalue weighted by atomic mass is 16.5. The summed E-state index contributed by atoms with van der Waals surface area (Å²) in [5.74, 6) is 0.622. The average molecular weight is 394 g/mol. The van der Waals surface area contributed by atoms with Crippen LogP contribution in [0.15, 0.2) is 47.6 Å². The number of fused-ring (bicyclic) bond motifs is 1. The smallest absolute Gasteiger partial charge is 0.412 e. The predicted molar refractivity (Wildman–Crippen MR) is 111 cm³/mol. The van der Waals surface area contributed by atoms with Crippen LogP contribution in [0.5, 0.6) is 0 Å². The number of amidine groups is 1. The fraction of sp³-hybridized carbons (Fsp3) is 0.364. The van der Waals surface area contributed by atoms with E-state index in [0.29, 0.717) is 24.7 Å². The maximum atomic E-state index is 12.4. The van der Waals surface area contributed by atoms with Crippen molar-refractivity contribution < 1.29 is 14.3 Å². The van der Waals surface area contributed by atoms with Crippen LogP contribution in [0.25, 0.3) is 0 Å². The van der Waals surface area contributed by atoms with Gasteiger partial charge in [-0.1, -0.05) is 44.2 Å². The Morgan fingerprint density at radius 3 is 2.66 bits per heavy atom. The summed E-state index contributed by atoms with van der Waals surface area (Å²) >= 11 is 0. The Balaban J connectivity index is 1.56. The van der Waals surface area contributed by atoms with Gasteiger partial charge in [-0.25, -0.2) is 4.79 Å². The van der Waals surface area contributed by atoms with Crippen LogP contribution in [-0.2, 0) is 22.5 Å². The third kappa shape index (κ3) is 5.63. The molecule has 7 heteroatoms. The summed E-state index contributed by atoms with van der Waals surface area (Å²) in [5, 5.41) is 5.65. The van der Waals surface area contributed by atoms with Gasteiger partial charge in [0.2, 0.25) is 5.91 Å². The molecule has 152 valence electrons. The van der Waals surface area contributed by atoms with E-state index < -0.39 is 6.09 Å². The second-order valence-corrected chi connectivity index (χ2v) is 7.49. The molecule has 1 aliphatic rings. The van der Waals surface area contributed by atoms with Gasteiger partial charge in [0.1, 0.15) is 5.84 Å². The number of pyridine rings is 1. The largest absolute Gasteiger partial charge is 0.449 e. The molecule has 2 N–H and O–H groups in total. The third-order valence-corrected chi connectivity index (χ3v) is 4.50. The molecule has 2 amide bonds. The Kier molecular flexibility index (Phi) is 6.59. The van der Waals surface area contributed by atoms with Crippen LogP contribution >= 0.6 is 0 Å². The molecule has 0 bridgehead atoms. The van der Waals surface area contributed by atoms with Crippen LogP contribution in [0.1, 0.15) is 49.2 Å². The standard InChI is InChI=1S/C22H26N4O3/c1-14(2)13-29-22(28)26-21-19-12-23-18(9-17(19)11-24-21)10-20(27)25-15(3)16-7-5-4-6-8-16/h4-9,12,14-15H,10-11,13H2,1-3H3,(H,25,27)(H,24,26,28)/t15-/m1/s1. The molecule has 2 heterocycles. The maximum Gasteiger partial charge on any atom is 0.412 e. The van der Waals surface area contributed by atoms with E-state index in [0.717, 1.165) is 16.7 Å². The number of aliphatic imine (C=N–C) groups is 1. The second kappa shape index (κ2) is 9.32. The van der Waals surface area contributed by atoms with E-state index in [1.807, 2.05) is 57.2 Å². The van der Waals surface area contributed by atoms with Gasteiger partial charge in [-0.05, 0) is 30.0 Å². The minimum atomic E-state index is -0.524. The van der Waals surface area contributed by atoms with Crippen molar-refractivity contribution in [2.45, 2.75) is 39.8 Å². The van der Waals surface area contributed by atoms with Crippen LogP contribution in [0.4, 0.5) is 4.79 Å². The van der Waals surface area contributed by atoms with Gasteiger partial charge < -0.3 is 10.1 Å². The van der Waals surface area contributed by atoms with E-state index in [9.17, 15) is 9.59 Å². The molecule has 1 aromatic carbocycles. The van der Waals surface area contributed by atoms with Crippen LogP contribution in [0.3, 0.4) is 0 Å². The molecule has 1 aliphatic heterocycles. The van der Waals surface area contributed by atoms with Crippen LogP contribution < -0.4 is 10.6 Å². The van der Waals surface area contributed by atoms with Crippen molar-refractivity contribution in [3.8, 4) is 0 Å². The first kappa shape index (κ1) is 20.5. The number of amides is 2. The first-order chi connectivity index (χ1) is 13.9. The normalized spacial score (nSPS) is 13.4. The highest BCUT2D eigenvalue weighted by Crippen LogP contribution is 2.19. The van der Waals surface area contributed by atoms with E-state index in [1.165, 1.54) is 0 Å². The van der Waals surface area contributed by atoms with Crippen LogP contribution in [0.2, 0.25) is 0 Å². The monoisotopic (exact) mass is 394 g/mol. The number of hydrogen-bond acceptors (Lipinski definition) is 5. The molecule has 1 aromatic heterocycles. The van der Waals surface area contributed by atoms with Crippen molar-refractivity contribution in [1.29, 1.82) is 0 Å². The molecular formula is C22H26N4O3. The first-order valence-corrected chi connectivity index (χ1v) is 9.73. The van der Waals surface area contributed by atoms with E-state index in [4.69, 9.17) is 4.74 Å². The number of ether oxygens (including phenoxy) is 1. The van der Waals surface area contributed by atoms with Crippen molar-refractivity contribution in [3.63, 3.8) is 0 Å². The lowest BCUT2D eigenvalue weighted by molar-refractivity contribution is -0.121. The lowest BCUT2D eigenvalue weighted by Gasteiger charge is -2.14. The Morgan fingerprint density at radius 1 is 1.17 bits per heavy atom. The zero-order chi connectivity index (χ0) is 20.8. The Hall–Kier alpha value is -3.22. The van der Waals surface area contributed by atoms with Gasteiger partial charge >= 0.3 is 6.09 Å². The van der Waals surface area contributed by atoms with Gasteiger partial charge in [0.25, 0.3) is 0 Å². The van der Waals surface area contributed by atoms with Crippen molar-refractivity contribution in [2.24, 2.45) is 10.9 Å². The Morgan fingerprint density at radius 2 is 1.93 bits per heavy atom. The van der Waals surface area contributed by atoms with Gasteiger partial charge in [-0.15, -0.1) is 0 Å². The number of rotatable bonds is 6. The van der Waals surface area contributed by atoms with Crippen molar-refractivity contribution in [1.82, 2.24) is 15.6 Å². The van der Waals surface area contributed by atoms with E-state index in [2.05, 4.69) is 20.6 Å². The highest BCUT2D eigenvalue weighted by molar-refractivity contribution is 6.08. The highest BCUT2D eigenvalue weighted by Gasteiger charge is 2.20. The molecular weight excluding hydrogens is 368 g/mol. The molecule has 29 heavy (non-hydrogen) atoms. The number of carbonyl (C=O) groups excluding carboxylic acids is 2. The van der Waals surface area contributed by atoms with Gasteiger partial charge in [0.05, 0.1) is 31.3 Å². The van der Waals surface area contributed by atoms with Gasteiger partial charge in [-0.3, -0.25) is 20.1 Å². The second-order valence-electron chi connectivity index (χ2n) is 7.49. The molecule has 0 unspecified atom stereocenters. The molecule has 0 saturated heterocycles. The van der Waals surface area contributed by atoms with Gasteiger partial charge in [0, 0.05) is 11.8 Å². The van der Waals surface area contributed by atoms with E-state index in [1.54, 1.807) is 6.20 Å². The number of nitrogens with zero attached hydrogens (tertiary/aromatic N) is 2. The zero-order valence-electron chi connectivity index (χ0n) is 16.9. The molecule has 3 rings (SSSR count). The fourth-order valence-electron chi connectivity index (χ4n) is 3.00. The molecule has 2 aromatic rings. The number of carbonyl (C=O) groups is 2. The zero-order valence-corrected chi connectivity index (χ0v) is 16.9. The molecule has 0 radical (unpaired) electrons. The minimum Gasteiger partial charge on any atom is -0.449 e. The lowest BCUT2D eigenvalue weighted by Crippen LogP contribution is -2.32. The van der Waals surface area contributed by atoms with Gasteiger partial charge in [0.15, 0.2) is 0 Å². The summed E-state index contributed by atoms with van der Waals surface area (Å²) in [5.41, 5.74) is 3.41. The van der Waals surface area contributed by atoms with E-state index >= 15 is 0 Å². The quantitative estimate of drug-likeness (QED) is 0.787. The Bertz CT molecular complexity index is 910. The molecule has 7 nitrogen and oxygen atoms in total. The van der Waals surface area contributed by atoms with Crippen molar-refractivity contribution in [2.75, 3.05) is 6.61 Å². The maximum absolute atomic E-state index is 12.4. The SMILES string of the molecule is CC(C)COC(=O)NC1=NCc2cc(CC(=O)N[C@H](C)c3ccccc3)ncc21. The Labute approximate surface area is 170 Å². The summed E-state index contributed by atoms with van der Waals surface area (Å²) in [4.78, 5) is 32.9. The molecule has 0 fully saturated rings. The molecule has 1 atom stereocenters. The van der Waals surface area contributed by atoms with Gasteiger partial charge in [-0.2, -0.15) is 0 Å². The average Bonchev–Trinajstić information content (AvgIpc) is 3.09. The number of benzene rings is 1. The summed E-state index contributed by atoms with van der Waals surface area (Å²) in [6.07, 6.45) is 1.31. The first-order valence-electron chi connectivity index (χ1n) is 9.73. The molecule has 0 aliphatic carbocycles.